The predicted octanol–water partition coefficient (Wildman–Crippen LogP) is 2.47. The standard InChI is InChI=1S/C22H25N5O3/c1-3-4-12-26-19(23)18(20(28)25-22(26)30)27(14-16-8-6-5-7-9-16)21(29)17-11-10-15(2)24-13-17/h5-11,13H,3-4,12,14,23H2,1-2H3,(H,25,28,30). The van der Waals surface area contributed by atoms with Gasteiger partial charge in [-0.25, -0.2) is 4.79 Å². The largest absolute Gasteiger partial charge is 0.383 e. The lowest BCUT2D eigenvalue weighted by atomic mass is 10.1. The molecule has 0 bridgehead atoms. The molecule has 8 nitrogen and oxygen atoms in total. The van der Waals surface area contributed by atoms with E-state index in [4.69, 9.17) is 5.73 Å². The zero-order valence-corrected chi connectivity index (χ0v) is 17.1. The molecule has 0 saturated carbocycles. The van der Waals surface area contributed by atoms with Gasteiger partial charge in [0.1, 0.15) is 5.82 Å². The van der Waals surface area contributed by atoms with Gasteiger partial charge < -0.3 is 5.73 Å². The molecule has 30 heavy (non-hydrogen) atoms. The van der Waals surface area contributed by atoms with Crippen LogP contribution in [0.2, 0.25) is 0 Å². The molecule has 3 aromatic rings. The van der Waals surface area contributed by atoms with Crippen molar-refractivity contribution < 1.29 is 4.79 Å². The fraction of sp³-hybridized carbons (Fsp3) is 0.273. The average Bonchev–Trinajstić information content (AvgIpc) is 2.73. The molecule has 0 aliphatic carbocycles. The Hall–Kier alpha value is -3.68. The van der Waals surface area contributed by atoms with Gasteiger partial charge in [-0.2, -0.15) is 0 Å². The topological polar surface area (TPSA) is 114 Å². The number of hydrogen-bond acceptors (Lipinski definition) is 5. The molecule has 0 aliphatic heterocycles. The van der Waals surface area contributed by atoms with Crippen molar-refractivity contribution in [2.45, 2.75) is 39.8 Å². The summed E-state index contributed by atoms with van der Waals surface area (Å²) in [6.07, 6.45) is 3.03. The number of rotatable bonds is 7. The minimum Gasteiger partial charge on any atom is -0.383 e. The summed E-state index contributed by atoms with van der Waals surface area (Å²) in [6.45, 7) is 4.28. The summed E-state index contributed by atoms with van der Waals surface area (Å²) < 4.78 is 1.30. The molecular formula is C22H25N5O3. The summed E-state index contributed by atoms with van der Waals surface area (Å²) in [5.41, 5.74) is 6.84. The third kappa shape index (κ3) is 4.48. The molecule has 1 aromatic carbocycles. The highest BCUT2D eigenvalue weighted by atomic mass is 16.2. The van der Waals surface area contributed by atoms with Gasteiger partial charge in [-0.3, -0.25) is 29.0 Å². The second-order valence-electron chi connectivity index (χ2n) is 7.06. The molecule has 2 heterocycles. The Balaban J connectivity index is 2.14. The number of nitrogens with zero attached hydrogens (tertiary/aromatic N) is 3. The first-order valence-corrected chi connectivity index (χ1v) is 9.83. The number of nitrogen functional groups attached to an aromatic ring is 1. The Morgan fingerprint density at radius 1 is 1.17 bits per heavy atom. The molecule has 3 N–H and O–H groups in total. The zero-order valence-electron chi connectivity index (χ0n) is 17.1. The SMILES string of the molecule is CCCCn1c(N)c(N(Cc2ccccc2)C(=O)c2ccc(C)nc2)c(=O)[nH]c1=O. The highest BCUT2D eigenvalue weighted by Crippen LogP contribution is 2.22. The number of carbonyl (C=O) groups is 1. The average molecular weight is 407 g/mol. The molecule has 0 atom stereocenters. The maximum absolute atomic E-state index is 13.4. The molecule has 1 amide bonds. The van der Waals surface area contributed by atoms with Crippen LogP contribution in [0.5, 0.6) is 0 Å². The number of aromatic nitrogens is 3. The third-order valence-electron chi connectivity index (χ3n) is 4.81. The summed E-state index contributed by atoms with van der Waals surface area (Å²) >= 11 is 0. The zero-order chi connectivity index (χ0) is 21.7. The van der Waals surface area contributed by atoms with Crippen molar-refractivity contribution in [2.75, 3.05) is 10.6 Å². The smallest absolute Gasteiger partial charge is 0.330 e. The molecular weight excluding hydrogens is 382 g/mol. The van der Waals surface area contributed by atoms with Gasteiger partial charge in [0, 0.05) is 18.4 Å². The number of pyridine rings is 1. The summed E-state index contributed by atoms with van der Waals surface area (Å²) in [4.78, 5) is 46.2. The summed E-state index contributed by atoms with van der Waals surface area (Å²) in [7, 11) is 0. The van der Waals surface area contributed by atoms with E-state index in [-0.39, 0.29) is 18.1 Å². The molecule has 0 spiro atoms. The monoisotopic (exact) mass is 407 g/mol. The Labute approximate surface area is 174 Å². The van der Waals surface area contributed by atoms with Gasteiger partial charge in [-0.05, 0) is 31.0 Å². The Bertz CT molecular complexity index is 1130. The van der Waals surface area contributed by atoms with Gasteiger partial charge in [0.05, 0.1) is 12.1 Å². The normalized spacial score (nSPS) is 10.7. The van der Waals surface area contributed by atoms with E-state index in [1.54, 1.807) is 12.1 Å². The van der Waals surface area contributed by atoms with Crippen LogP contribution in [0.3, 0.4) is 0 Å². The van der Waals surface area contributed by atoms with E-state index < -0.39 is 17.2 Å². The van der Waals surface area contributed by atoms with Crippen LogP contribution in [0, 0.1) is 6.92 Å². The van der Waals surface area contributed by atoms with Gasteiger partial charge in [-0.15, -0.1) is 0 Å². The quantitative estimate of drug-likeness (QED) is 0.624. The number of anilines is 2. The highest BCUT2D eigenvalue weighted by Gasteiger charge is 2.25. The van der Waals surface area contributed by atoms with E-state index >= 15 is 0 Å². The Morgan fingerprint density at radius 3 is 2.53 bits per heavy atom. The maximum atomic E-state index is 13.4. The second kappa shape index (κ2) is 9.21. The minimum atomic E-state index is -0.699. The molecule has 0 fully saturated rings. The Morgan fingerprint density at radius 2 is 1.90 bits per heavy atom. The number of H-pyrrole nitrogens is 1. The van der Waals surface area contributed by atoms with Crippen molar-refractivity contribution >= 4 is 17.4 Å². The predicted molar refractivity (Wildman–Crippen MR) is 117 cm³/mol. The van der Waals surface area contributed by atoms with Gasteiger partial charge in [0.2, 0.25) is 0 Å². The number of nitrogens with one attached hydrogen (secondary N) is 1. The Kier molecular flexibility index (Phi) is 6.46. The molecule has 0 aliphatic rings. The van der Waals surface area contributed by atoms with E-state index in [1.807, 2.05) is 44.2 Å². The van der Waals surface area contributed by atoms with Crippen LogP contribution in [-0.2, 0) is 13.1 Å². The van der Waals surface area contributed by atoms with Gasteiger partial charge >= 0.3 is 5.69 Å². The van der Waals surface area contributed by atoms with Crippen LogP contribution in [0.15, 0.2) is 58.3 Å². The second-order valence-corrected chi connectivity index (χ2v) is 7.06. The summed E-state index contributed by atoms with van der Waals surface area (Å²) in [5.74, 6) is -0.453. The lowest BCUT2D eigenvalue weighted by Gasteiger charge is -2.24. The van der Waals surface area contributed by atoms with Crippen LogP contribution in [0.25, 0.3) is 0 Å². The maximum Gasteiger partial charge on any atom is 0.330 e. The van der Waals surface area contributed by atoms with Crippen LogP contribution in [0.1, 0.15) is 41.4 Å². The van der Waals surface area contributed by atoms with E-state index in [1.165, 1.54) is 15.7 Å². The van der Waals surface area contributed by atoms with Crippen molar-refractivity contribution in [1.29, 1.82) is 0 Å². The third-order valence-corrected chi connectivity index (χ3v) is 4.81. The molecule has 3 rings (SSSR count). The fourth-order valence-electron chi connectivity index (χ4n) is 3.14. The van der Waals surface area contributed by atoms with E-state index in [9.17, 15) is 14.4 Å². The number of carbonyl (C=O) groups excluding carboxylic acids is 1. The van der Waals surface area contributed by atoms with E-state index in [2.05, 4.69) is 9.97 Å². The first kappa shape index (κ1) is 21.0. The van der Waals surface area contributed by atoms with Crippen molar-refractivity contribution in [3.05, 3.63) is 86.3 Å². The first-order chi connectivity index (χ1) is 14.4. The van der Waals surface area contributed by atoms with Crippen molar-refractivity contribution in [1.82, 2.24) is 14.5 Å². The number of benzene rings is 1. The van der Waals surface area contributed by atoms with Gasteiger partial charge in [-0.1, -0.05) is 43.7 Å². The lowest BCUT2D eigenvalue weighted by molar-refractivity contribution is 0.0984. The number of aryl methyl sites for hydroxylation is 1. The van der Waals surface area contributed by atoms with Gasteiger partial charge in [0.15, 0.2) is 5.69 Å². The summed E-state index contributed by atoms with van der Waals surface area (Å²) in [5, 5.41) is 0. The molecule has 0 unspecified atom stereocenters. The first-order valence-electron chi connectivity index (χ1n) is 9.83. The highest BCUT2D eigenvalue weighted by molar-refractivity contribution is 6.07. The van der Waals surface area contributed by atoms with E-state index in [0.717, 1.165) is 17.7 Å². The molecule has 2 aromatic heterocycles. The van der Waals surface area contributed by atoms with Crippen molar-refractivity contribution in [3.8, 4) is 0 Å². The minimum absolute atomic E-state index is 0.0263. The van der Waals surface area contributed by atoms with Crippen LogP contribution < -0.4 is 21.9 Å². The molecule has 0 radical (unpaired) electrons. The number of aromatic amines is 1. The van der Waals surface area contributed by atoms with Crippen molar-refractivity contribution in [2.24, 2.45) is 0 Å². The fourth-order valence-corrected chi connectivity index (χ4v) is 3.14. The number of hydrogen-bond donors (Lipinski definition) is 2. The van der Waals surface area contributed by atoms with Crippen LogP contribution in [0.4, 0.5) is 11.5 Å². The van der Waals surface area contributed by atoms with Crippen LogP contribution in [-0.4, -0.2) is 20.4 Å². The summed E-state index contributed by atoms with van der Waals surface area (Å²) in [6, 6.07) is 12.6. The number of unbranched alkanes of at least 4 members (excludes halogenated alkanes) is 1. The van der Waals surface area contributed by atoms with Crippen LogP contribution >= 0.6 is 0 Å². The lowest BCUT2D eigenvalue weighted by Crippen LogP contribution is -2.41. The van der Waals surface area contributed by atoms with E-state index in [0.29, 0.717) is 18.5 Å². The number of nitrogens with two attached hydrogens (primary N) is 1. The van der Waals surface area contributed by atoms with Crippen molar-refractivity contribution in [3.63, 3.8) is 0 Å². The molecule has 156 valence electrons. The van der Waals surface area contributed by atoms with Gasteiger partial charge in [0.25, 0.3) is 11.5 Å². The number of amides is 1. The molecule has 8 heteroatoms. The molecule has 0 saturated heterocycles.